The summed E-state index contributed by atoms with van der Waals surface area (Å²) in [5.74, 6) is 0. The van der Waals surface area contributed by atoms with Crippen molar-refractivity contribution < 1.29 is 26.3 Å². The molecule has 0 aromatic heterocycles. The number of hydrogen-bond acceptors (Lipinski definition) is 2. The summed E-state index contributed by atoms with van der Waals surface area (Å²) < 4.78 is 76.6. The second kappa shape index (κ2) is 6.92. The van der Waals surface area contributed by atoms with Gasteiger partial charge in [-0.15, -0.1) is 0 Å². The van der Waals surface area contributed by atoms with Gasteiger partial charge in [0, 0.05) is 9.79 Å². The van der Waals surface area contributed by atoms with Crippen molar-refractivity contribution in [1.29, 1.82) is 0 Å². The Bertz CT molecular complexity index is 734. The van der Waals surface area contributed by atoms with Gasteiger partial charge < -0.3 is 0 Å². The first-order valence-electron chi connectivity index (χ1n) is 6.60. The van der Waals surface area contributed by atoms with Crippen LogP contribution in [0.2, 0.25) is 0 Å². The molecule has 0 atom stereocenters. The molecular weight excluding hydrogens is 370 g/mol. The molecule has 0 fully saturated rings. The van der Waals surface area contributed by atoms with E-state index in [4.69, 9.17) is 0 Å². The van der Waals surface area contributed by atoms with Crippen LogP contribution in [0, 0.1) is 19.9 Å². The van der Waals surface area contributed by atoms with Gasteiger partial charge in [0.2, 0.25) is 0 Å². The van der Waals surface area contributed by atoms with Gasteiger partial charge in [-0.3, -0.25) is 0 Å². The molecule has 129 valence electrons. The lowest BCUT2D eigenvalue weighted by molar-refractivity contribution is -0.0346. The maximum atomic E-state index is 12.9. The van der Waals surface area contributed by atoms with Crippen LogP contribution in [0.25, 0.3) is 11.1 Å². The van der Waals surface area contributed by atoms with Crippen molar-refractivity contribution in [2.45, 2.75) is 34.7 Å². The fraction of sp³-hybridized carbons (Fsp3) is 0.250. The van der Waals surface area contributed by atoms with Crippen molar-refractivity contribution in [3.8, 4) is 11.1 Å². The zero-order valence-corrected chi connectivity index (χ0v) is 14.1. The van der Waals surface area contributed by atoms with Gasteiger partial charge in [-0.25, -0.2) is 0 Å². The largest absolute Gasteiger partial charge is 0.446 e. The Balaban J connectivity index is 2.64. The first-order chi connectivity index (χ1) is 11.0. The van der Waals surface area contributed by atoms with E-state index < -0.39 is 44.3 Å². The fourth-order valence-electron chi connectivity index (χ4n) is 2.20. The van der Waals surface area contributed by atoms with Gasteiger partial charge in [-0.05, 0) is 60.1 Å². The lowest BCUT2D eigenvalue weighted by Gasteiger charge is -2.17. The number of rotatable bonds is 3. The molecule has 0 aliphatic heterocycles. The zero-order chi connectivity index (χ0) is 18.1. The van der Waals surface area contributed by atoms with Gasteiger partial charge in [0.05, 0.1) is 0 Å². The van der Waals surface area contributed by atoms with Gasteiger partial charge >= 0.3 is 11.0 Å². The van der Waals surface area contributed by atoms with Crippen LogP contribution in [0.1, 0.15) is 11.1 Å². The van der Waals surface area contributed by atoms with Crippen molar-refractivity contribution >= 4 is 23.5 Å². The van der Waals surface area contributed by atoms with Crippen LogP contribution in [-0.4, -0.2) is 11.0 Å². The summed E-state index contributed by atoms with van der Waals surface area (Å²) >= 11 is -1.14. The number of aryl methyl sites for hydroxylation is 2. The lowest BCUT2D eigenvalue weighted by Crippen LogP contribution is -2.04. The molecule has 0 N–H and O–H groups in total. The standard InChI is InChI=1S/C16H11F6S2/c1-9-6-7-11(10(2)8-9)12-4-3-5-13(23-15(17,18)19)14(12)24-16(20,21)22/h3-4,6-8H,1-2H3. The lowest BCUT2D eigenvalue weighted by atomic mass is 9.99. The number of hydrogen-bond donors (Lipinski definition) is 0. The van der Waals surface area contributed by atoms with E-state index in [1.165, 1.54) is 12.1 Å². The number of thioether (sulfide) groups is 2. The molecule has 2 aromatic rings. The average Bonchev–Trinajstić information content (AvgIpc) is 2.38. The number of benzene rings is 2. The summed E-state index contributed by atoms with van der Waals surface area (Å²) in [5, 5.41) is 0. The first kappa shape index (κ1) is 19.1. The zero-order valence-electron chi connectivity index (χ0n) is 12.5. The summed E-state index contributed by atoms with van der Waals surface area (Å²) in [7, 11) is 0. The highest BCUT2D eigenvalue weighted by Gasteiger charge is 2.36. The van der Waals surface area contributed by atoms with Gasteiger partial charge in [0.25, 0.3) is 0 Å². The molecule has 2 aromatic carbocycles. The third-order valence-corrected chi connectivity index (χ3v) is 4.77. The van der Waals surface area contributed by atoms with Crippen LogP contribution in [0.3, 0.4) is 0 Å². The van der Waals surface area contributed by atoms with E-state index in [-0.39, 0.29) is 5.56 Å². The third kappa shape index (κ3) is 5.11. The fourth-order valence-corrected chi connectivity index (χ4v) is 3.68. The molecule has 0 unspecified atom stereocenters. The minimum Gasteiger partial charge on any atom is -0.160 e. The van der Waals surface area contributed by atoms with Crippen LogP contribution in [0.15, 0.2) is 40.1 Å². The maximum Gasteiger partial charge on any atom is 0.446 e. The summed E-state index contributed by atoms with van der Waals surface area (Å²) in [6, 6.07) is 9.93. The molecule has 0 saturated heterocycles. The quantitative estimate of drug-likeness (QED) is 0.415. The second-order valence-electron chi connectivity index (χ2n) is 4.96. The highest BCUT2D eigenvalue weighted by Crippen LogP contribution is 2.49. The molecule has 24 heavy (non-hydrogen) atoms. The maximum absolute atomic E-state index is 12.9. The van der Waals surface area contributed by atoms with Gasteiger partial charge in [0.1, 0.15) is 0 Å². The monoisotopic (exact) mass is 381 g/mol. The Morgan fingerprint density at radius 1 is 0.833 bits per heavy atom. The van der Waals surface area contributed by atoms with E-state index in [0.29, 0.717) is 11.1 Å². The van der Waals surface area contributed by atoms with E-state index in [1.807, 2.05) is 6.92 Å². The Morgan fingerprint density at radius 2 is 1.46 bits per heavy atom. The third-order valence-electron chi connectivity index (χ3n) is 3.02. The van der Waals surface area contributed by atoms with Crippen LogP contribution in [-0.2, 0) is 0 Å². The predicted octanol–water partition coefficient (Wildman–Crippen LogP) is 6.99. The van der Waals surface area contributed by atoms with Crippen molar-refractivity contribution in [3.05, 3.63) is 47.5 Å². The molecule has 1 radical (unpaired) electrons. The Kier molecular flexibility index (Phi) is 5.49. The summed E-state index contributed by atoms with van der Waals surface area (Å²) in [6.45, 7) is 3.53. The molecule has 2 rings (SSSR count). The molecule has 0 spiro atoms. The van der Waals surface area contributed by atoms with Gasteiger partial charge in [0.15, 0.2) is 0 Å². The van der Waals surface area contributed by atoms with Crippen LogP contribution in [0.4, 0.5) is 26.3 Å². The van der Waals surface area contributed by atoms with Crippen molar-refractivity contribution in [3.63, 3.8) is 0 Å². The Hall–Kier alpha value is -1.28. The Morgan fingerprint density at radius 3 is 2.00 bits per heavy atom. The first-order valence-corrected chi connectivity index (χ1v) is 8.23. The van der Waals surface area contributed by atoms with E-state index in [9.17, 15) is 26.3 Å². The molecule has 0 aliphatic carbocycles. The molecule has 0 heterocycles. The average molecular weight is 381 g/mol. The summed E-state index contributed by atoms with van der Waals surface area (Å²) in [4.78, 5) is -1.07. The van der Waals surface area contributed by atoms with E-state index >= 15 is 0 Å². The van der Waals surface area contributed by atoms with E-state index in [2.05, 4.69) is 6.07 Å². The molecular formula is C16H11F6S2. The van der Waals surface area contributed by atoms with Crippen molar-refractivity contribution in [2.75, 3.05) is 0 Å². The van der Waals surface area contributed by atoms with Crippen LogP contribution >= 0.6 is 23.5 Å². The molecule has 0 amide bonds. The van der Waals surface area contributed by atoms with Crippen molar-refractivity contribution in [2.24, 2.45) is 0 Å². The van der Waals surface area contributed by atoms with Gasteiger partial charge in [-0.1, -0.05) is 35.9 Å². The van der Waals surface area contributed by atoms with Crippen LogP contribution < -0.4 is 0 Å². The molecule has 8 heteroatoms. The smallest absolute Gasteiger partial charge is 0.160 e. The Labute approximate surface area is 143 Å². The molecule has 0 bridgehead atoms. The van der Waals surface area contributed by atoms with Gasteiger partial charge in [-0.2, -0.15) is 26.3 Å². The van der Waals surface area contributed by atoms with E-state index in [1.54, 1.807) is 25.1 Å². The minimum absolute atomic E-state index is 0.111. The van der Waals surface area contributed by atoms with E-state index in [0.717, 1.165) is 5.56 Å². The summed E-state index contributed by atoms with van der Waals surface area (Å²) in [6.07, 6.45) is 0. The summed E-state index contributed by atoms with van der Waals surface area (Å²) in [5.41, 5.74) is -7.23. The molecule has 0 nitrogen and oxygen atoms in total. The molecule has 0 saturated carbocycles. The normalized spacial score (nSPS) is 12.5. The van der Waals surface area contributed by atoms with Crippen molar-refractivity contribution in [1.82, 2.24) is 0 Å². The topological polar surface area (TPSA) is 0 Å². The minimum atomic E-state index is -4.70. The number of alkyl halides is 6. The molecule has 0 aliphatic rings. The predicted molar refractivity (Wildman–Crippen MR) is 84.0 cm³/mol. The SMILES string of the molecule is Cc1ccc(-c2cc[c]c(SC(F)(F)F)c2SC(F)(F)F)c(C)c1. The highest BCUT2D eigenvalue weighted by molar-refractivity contribution is 8.03. The van der Waals surface area contributed by atoms with Crippen LogP contribution in [0.5, 0.6) is 0 Å². The highest BCUT2D eigenvalue weighted by atomic mass is 32.2. The number of halogens is 6. The second-order valence-corrected chi connectivity index (χ2v) is 7.11.